The Morgan fingerprint density at radius 1 is 0.478 bits per heavy atom. The van der Waals surface area contributed by atoms with Gasteiger partial charge in [-0.1, -0.05) is 38.5 Å². The number of aliphatic carboxylic acids is 4. The van der Waals surface area contributed by atoms with E-state index in [0.29, 0.717) is 37.4 Å². The van der Waals surface area contributed by atoms with Gasteiger partial charge >= 0.3 is 35.8 Å². The summed E-state index contributed by atoms with van der Waals surface area (Å²) in [6.45, 7) is 1.18. The smallest absolute Gasteiger partial charge is 0.414 e. The lowest BCUT2D eigenvalue weighted by molar-refractivity contribution is -0.159. The number of hydrogen-bond acceptors (Lipinski definition) is 10. The van der Waals surface area contributed by atoms with Gasteiger partial charge in [0.25, 0.3) is 0 Å². The molecule has 4 fully saturated rings. The molecule has 46 heavy (non-hydrogen) atoms. The first-order valence-electron chi connectivity index (χ1n) is 16.5. The maximum absolute atomic E-state index is 12.4. The summed E-state index contributed by atoms with van der Waals surface area (Å²) < 4.78 is 11.2. The van der Waals surface area contributed by atoms with Crippen LogP contribution in [0.1, 0.15) is 103 Å². The third-order valence-corrected chi connectivity index (χ3v) is 9.76. The topological polar surface area (TPSA) is 208 Å². The highest BCUT2D eigenvalue weighted by molar-refractivity contribution is 6.27. The van der Waals surface area contributed by atoms with Crippen molar-refractivity contribution >= 4 is 35.8 Å². The number of carbonyl (C=O) groups excluding carboxylic acids is 2. The number of esters is 2. The Morgan fingerprint density at radius 3 is 0.957 bits per heavy atom. The molecule has 0 radical (unpaired) electrons. The van der Waals surface area contributed by atoms with Crippen LogP contribution in [0.25, 0.3) is 0 Å². The largest absolute Gasteiger partial charge is 0.473 e. The van der Waals surface area contributed by atoms with Crippen molar-refractivity contribution in [1.82, 2.24) is 9.80 Å². The molecule has 2 unspecified atom stereocenters. The lowest BCUT2D eigenvalue weighted by Crippen LogP contribution is -2.42. The minimum Gasteiger partial charge on any atom is -0.473 e. The average molecular weight is 657 g/mol. The highest BCUT2D eigenvalue weighted by atomic mass is 16.5. The second kappa shape index (κ2) is 20.1. The van der Waals surface area contributed by atoms with Crippen molar-refractivity contribution in [2.75, 3.05) is 27.3 Å². The van der Waals surface area contributed by atoms with E-state index in [9.17, 15) is 9.59 Å². The fraction of sp³-hybridized carbons (Fsp3) is 0.812. The number of carboxylic acids is 4. The quantitative estimate of drug-likeness (QED) is 0.127. The van der Waals surface area contributed by atoms with Gasteiger partial charge in [0.2, 0.25) is 0 Å². The Hall–Kier alpha value is -3.26. The first kappa shape index (κ1) is 38.9. The van der Waals surface area contributed by atoms with Crippen molar-refractivity contribution in [3.05, 3.63) is 0 Å². The van der Waals surface area contributed by atoms with E-state index in [1.165, 1.54) is 51.4 Å². The van der Waals surface area contributed by atoms with Crippen LogP contribution in [-0.2, 0) is 38.2 Å². The summed E-state index contributed by atoms with van der Waals surface area (Å²) in [5.74, 6) is -6.93. The lowest BCUT2D eigenvalue weighted by Gasteiger charge is -2.35. The molecule has 4 rings (SSSR count). The second-order valence-corrected chi connectivity index (χ2v) is 12.8. The van der Waals surface area contributed by atoms with Gasteiger partial charge in [0.15, 0.2) is 0 Å². The van der Waals surface area contributed by atoms with E-state index in [1.807, 2.05) is 0 Å². The van der Waals surface area contributed by atoms with Crippen LogP contribution in [0.4, 0.5) is 0 Å². The van der Waals surface area contributed by atoms with Gasteiger partial charge in [0, 0.05) is 24.2 Å². The van der Waals surface area contributed by atoms with Crippen molar-refractivity contribution in [2.24, 2.45) is 11.8 Å². The van der Waals surface area contributed by atoms with Gasteiger partial charge in [0.05, 0.1) is 25.0 Å². The normalized spacial score (nSPS) is 26.5. The average Bonchev–Trinajstić information content (AvgIpc) is 3.32. The van der Waals surface area contributed by atoms with Crippen LogP contribution in [0.2, 0.25) is 0 Å². The minimum atomic E-state index is -1.82. The number of carbonyl (C=O) groups is 6. The summed E-state index contributed by atoms with van der Waals surface area (Å²) in [7, 11) is 4.41. The van der Waals surface area contributed by atoms with Crippen LogP contribution in [0.5, 0.6) is 0 Å². The molecule has 14 heteroatoms. The van der Waals surface area contributed by atoms with Crippen LogP contribution < -0.4 is 0 Å². The predicted octanol–water partition coefficient (Wildman–Crippen LogP) is 3.25. The highest BCUT2D eigenvalue weighted by Crippen LogP contribution is 2.38. The molecule has 4 aliphatic heterocycles. The van der Waals surface area contributed by atoms with Crippen molar-refractivity contribution in [3.8, 4) is 0 Å². The number of nitrogens with zero attached hydrogens (tertiary/aromatic N) is 2. The standard InChI is InChI=1S/C28H48N2O4.2C2H2O4/c1-29-23-11-12-24(29)18-21(17-23)27(31)33-15-9-7-5-3-4-6-8-10-16-34-28(32)22-19-25-13-14-26(20-22)30(25)2;2*3-1(4)2(5)6/h21-26H,3-20H2,1-2H3;2*(H,3,4)(H,5,6)/t21?,22?,23-,24+,25-,26+;;. The molecule has 0 aromatic carbocycles. The maximum Gasteiger partial charge on any atom is 0.414 e. The third kappa shape index (κ3) is 13.2. The zero-order valence-electron chi connectivity index (χ0n) is 27.1. The zero-order valence-corrected chi connectivity index (χ0v) is 27.1. The molecule has 262 valence electrons. The number of piperidine rings is 2. The Kier molecular flexibility index (Phi) is 17.0. The summed E-state index contributed by atoms with van der Waals surface area (Å²) in [4.78, 5) is 66.1. The van der Waals surface area contributed by atoms with E-state index in [-0.39, 0.29) is 23.8 Å². The van der Waals surface area contributed by atoms with Crippen LogP contribution >= 0.6 is 0 Å². The third-order valence-electron chi connectivity index (χ3n) is 9.76. The van der Waals surface area contributed by atoms with Crippen molar-refractivity contribution in [1.29, 1.82) is 0 Å². The summed E-state index contributed by atoms with van der Waals surface area (Å²) in [6.07, 6.45) is 18.1. The molecule has 0 aromatic rings. The van der Waals surface area contributed by atoms with Gasteiger partial charge in [-0.05, 0) is 78.3 Å². The maximum atomic E-state index is 12.4. The van der Waals surface area contributed by atoms with Crippen molar-refractivity contribution < 1.29 is 58.7 Å². The molecule has 0 amide bonds. The molecule has 4 aliphatic rings. The number of fused-ring (bicyclic) bond motifs is 4. The Bertz CT molecular complexity index is 905. The van der Waals surface area contributed by atoms with E-state index in [1.54, 1.807) is 0 Å². The SMILES string of the molecule is CN1[C@@H]2CC[C@H]1CC(C(=O)OCCCCCCCCCCOC(=O)C1C[C@H]3CC[C@@H](C1)N3C)C2.O=C(O)C(=O)O.O=C(O)C(=O)O. The van der Waals surface area contributed by atoms with Gasteiger partial charge in [0.1, 0.15) is 0 Å². The monoisotopic (exact) mass is 656 g/mol. The van der Waals surface area contributed by atoms with Crippen LogP contribution in [0.15, 0.2) is 0 Å². The fourth-order valence-electron chi connectivity index (χ4n) is 7.05. The molecule has 4 N–H and O–H groups in total. The summed E-state index contributed by atoms with van der Waals surface area (Å²) in [6, 6.07) is 2.38. The highest BCUT2D eigenvalue weighted by Gasteiger charge is 2.42. The zero-order chi connectivity index (χ0) is 34.2. The van der Waals surface area contributed by atoms with Crippen LogP contribution in [0, 0.1) is 11.8 Å². The fourth-order valence-corrected chi connectivity index (χ4v) is 7.05. The summed E-state index contributed by atoms with van der Waals surface area (Å²) in [5.41, 5.74) is 0. The van der Waals surface area contributed by atoms with E-state index in [4.69, 9.17) is 49.1 Å². The van der Waals surface area contributed by atoms with Gasteiger partial charge in [-0.2, -0.15) is 0 Å². The van der Waals surface area contributed by atoms with Gasteiger partial charge < -0.3 is 39.7 Å². The minimum absolute atomic E-state index is 0.0499. The van der Waals surface area contributed by atoms with E-state index < -0.39 is 23.9 Å². The predicted molar refractivity (Wildman–Crippen MR) is 164 cm³/mol. The molecule has 4 heterocycles. The molecule has 0 aromatic heterocycles. The summed E-state index contributed by atoms with van der Waals surface area (Å²) >= 11 is 0. The molecule has 0 saturated carbocycles. The molecule has 4 saturated heterocycles. The van der Waals surface area contributed by atoms with Gasteiger partial charge in [-0.15, -0.1) is 0 Å². The molecule has 0 aliphatic carbocycles. The molecule has 6 atom stereocenters. The van der Waals surface area contributed by atoms with Crippen LogP contribution in [0.3, 0.4) is 0 Å². The molecule has 14 nitrogen and oxygen atoms in total. The van der Waals surface area contributed by atoms with Gasteiger partial charge in [-0.3, -0.25) is 9.59 Å². The molecule has 0 spiro atoms. The van der Waals surface area contributed by atoms with E-state index in [0.717, 1.165) is 51.4 Å². The number of carboxylic acid groups (broad SMARTS) is 4. The summed E-state index contributed by atoms with van der Waals surface area (Å²) in [5, 5.41) is 29.6. The Balaban J connectivity index is 0.000000522. The molecular formula is C32H52N2O12. The number of hydrogen-bond donors (Lipinski definition) is 4. The molecular weight excluding hydrogens is 604 g/mol. The van der Waals surface area contributed by atoms with Crippen molar-refractivity contribution in [2.45, 2.75) is 127 Å². The van der Waals surface area contributed by atoms with Gasteiger partial charge in [-0.25, -0.2) is 19.2 Å². The second-order valence-electron chi connectivity index (χ2n) is 12.8. The van der Waals surface area contributed by atoms with Crippen LogP contribution in [-0.4, -0.2) is 118 Å². The van der Waals surface area contributed by atoms with E-state index >= 15 is 0 Å². The molecule has 4 bridgehead atoms. The van der Waals surface area contributed by atoms with E-state index in [2.05, 4.69) is 23.9 Å². The Labute approximate surface area is 270 Å². The Morgan fingerprint density at radius 2 is 0.717 bits per heavy atom. The first-order valence-corrected chi connectivity index (χ1v) is 16.5. The first-order chi connectivity index (χ1) is 21.8. The van der Waals surface area contributed by atoms with Crippen molar-refractivity contribution in [3.63, 3.8) is 0 Å². The number of rotatable bonds is 13. The number of unbranched alkanes of at least 4 members (excludes halogenated alkanes) is 7. The lowest BCUT2D eigenvalue weighted by atomic mass is 9.91. The number of ether oxygens (including phenoxy) is 2.